The minimum Gasteiger partial charge on any atom is -0.320 e. The number of hydrogen-bond acceptors (Lipinski definition) is 5. The molecule has 2 heterocycles. The van der Waals surface area contributed by atoms with E-state index in [2.05, 4.69) is 15.2 Å². The maximum Gasteiger partial charge on any atom is 0.443 e. The minimum atomic E-state index is -4.43. The quantitative estimate of drug-likeness (QED) is 0.897. The Morgan fingerprint density at radius 3 is 2.53 bits per heavy atom. The van der Waals surface area contributed by atoms with E-state index in [1.165, 1.54) is 12.4 Å². The molecule has 2 aromatic rings. The molecule has 0 saturated heterocycles. The first-order valence-corrected chi connectivity index (χ1v) is 5.35. The molecule has 0 fully saturated rings. The van der Waals surface area contributed by atoms with Crippen molar-refractivity contribution in [1.82, 2.24) is 15.2 Å². The SMILES string of the molecule is NC(c1ccnnc1)c1cnc(C(F)(F)F)s1. The van der Waals surface area contributed by atoms with E-state index in [1.807, 2.05) is 0 Å². The highest BCUT2D eigenvalue weighted by molar-refractivity contribution is 7.11. The Balaban J connectivity index is 2.27. The second kappa shape index (κ2) is 4.38. The van der Waals surface area contributed by atoms with Crippen molar-refractivity contribution >= 4 is 11.3 Å². The highest BCUT2D eigenvalue weighted by atomic mass is 32.1. The first-order valence-electron chi connectivity index (χ1n) is 4.53. The number of thiazole rings is 1. The molecule has 17 heavy (non-hydrogen) atoms. The Labute approximate surface area is 98.3 Å². The van der Waals surface area contributed by atoms with E-state index in [1.54, 1.807) is 6.07 Å². The number of rotatable bonds is 2. The van der Waals surface area contributed by atoms with Crippen molar-refractivity contribution in [3.05, 3.63) is 40.1 Å². The van der Waals surface area contributed by atoms with Gasteiger partial charge in [0, 0.05) is 17.3 Å². The van der Waals surface area contributed by atoms with Crippen LogP contribution in [0.4, 0.5) is 13.2 Å². The Hall–Kier alpha value is -1.54. The molecular weight excluding hydrogens is 253 g/mol. The van der Waals surface area contributed by atoms with Gasteiger partial charge in [-0.3, -0.25) is 0 Å². The van der Waals surface area contributed by atoms with Gasteiger partial charge in [-0.15, -0.1) is 11.3 Å². The topological polar surface area (TPSA) is 64.7 Å². The lowest BCUT2D eigenvalue weighted by molar-refractivity contribution is -0.137. The summed E-state index contributed by atoms with van der Waals surface area (Å²) >= 11 is 0.533. The van der Waals surface area contributed by atoms with E-state index in [9.17, 15) is 13.2 Å². The third-order valence-corrected chi connectivity index (χ3v) is 3.16. The average Bonchev–Trinajstić information content (AvgIpc) is 2.78. The van der Waals surface area contributed by atoms with Gasteiger partial charge in [-0.2, -0.15) is 23.4 Å². The van der Waals surface area contributed by atoms with Gasteiger partial charge in [-0.25, -0.2) is 4.98 Å². The van der Waals surface area contributed by atoms with Crippen LogP contribution in [-0.4, -0.2) is 15.2 Å². The van der Waals surface area contributed by atoms with Gasteiger partial charge in [0.15, 0.2) is 5.01 Å². The van der Waals surface area contributed by atoms with Crippen LogP contribution in [0.15, 0.2) is 24.7 Å². The molecule has 1 atom stereocenters. The van der Waals surface area contributed by atoms with Crippen molar-refractivity contribution in [1.29, 1.82) is 0 Å². The van der Waals surface area contributed by atoms with Crippen molar-refractivity contribution in [2.75, 3.05) is 0 Å². The van der Waals surface area contributed by atoms with Crippen LogP contribution in [0.3, 0.4) is 0 Å². The summed E-state index contributed by atoms with van der Waals surface area (Å²) in [5.74, 6) is 0. The molecule has 8 heteroatoms. The predicted molar refractivity (Wildman–Crippen MR) is 55.2 cm³/mol. The molecule has 0 saturated carbocycles. The Morgan fingerprint density at radius 2 is 2.00 bits per heavy atom. The fraction of sp³-hybridized carbons (Fsp3) is 0.222. The highest BCUT2D eigenvalue weighted by Gasteiger charge is 2.35. The molecule has 90 valence electrons. The summed E-state index contributed by atoms with van der Waals surface area (Å²) in [5, 5.41) is 6.29. The van der Waals surface area contributed by atoms with Crippen LogP contribution in [0.25, 0.3) is 0 Å². The van der Waals surface area contributed by atoms with Crippen LogP contribution in [0.5, 0.6) is 0 Å². The first-order chi connectivity index (χ1) is 7.98. The summed E-state index contributed by atoms with van der Waals surface area (Å²) in [6.07, 6.45) is -0.448. The molecular formula is C9H7F3N4S. The van der Waals surface area contributed by atoms with Crippen molar-refractivity contribution in [2.24, 2.45) is 5.73 Å². The smallest absolute Gasteiger partial charge is 0.320 e. The number of nitrogens with zero attached hydrogens (tertiary/aromatic N) is 3. The minimum absolute atomic E-state index is 0.338. The molecule has 0 aliphatic carbocycles. The average molecular weight is 260 g/mol. The molecule has 0 radical (unpaired) electrons. The van der Waals surface area contributed by atoms with E-state index in [0.29, 0.717) is 21.8 Å². The highest BCUT2D eigenvalue weighted by Crippen LogP contribution is 2.34. The molecule has 2 rings (SSSR count). The van der Waals surface area contributed by atoms with Gasteiger partial charge >= 0.3 is 6.18 Å². The molecule has 0 aliphatic heterocycles. The third kappa shape index (κ3) is 2.59. The number of nitrogens with two attached hydrogens (primary N) is 1. The van der Waals surface area contributed by atoms with E-state index in [0.717, 1.165) is 6.20 Å². The summed E-state index contributed by atoms with van der Waals surface area (Å²) < 4.78 is 37.1. The molecule has 4 nitrogen and oxygen atoms in total. The number of alkyl halides is 3. The van der Waals surface area contributed by atoms with Gasteiger partial charge in [0.1, 0.15) is 0 Å². The van der Waals surface area contributed by atoms with Gasteiger partial charge in [0.2, 0.25) is 0 Å². The second-order valence-corrected chi connectivity index (χ2v) is 4.28. The summed E-state index contributed by atoms with van der Waals surface area (Å²) in [6.45, 7) is 0. The Kier molecular flexibility index (Phi) is 3.07. The second-order valence-electron chi connectivity index (χ2n) is 3.22. The summed E-state index contributed by atoms with van der Waals surface area (Å²) in [7, 11) is 0. The zero-order valence-electron chi connectivity index (χ0n) is 8.35. The van der Waals surface area contributed by atoms with E-state index in [-0.39, 0.29) is 0 Å². The van der Waals surface area contributed by atoms with Gasteiger partial charge in [-0.1, -0.05) is 0 Å². The fourth-order valence-electron chi connectivity index (χ4n) is 1.21. The van der Waals surface area contributed by atoms with Crippen molar-refractivity contribution in [3.63, 3.8) is 0 Å². The molecule has 0 spiro atoms. The van der Waals surface area contributed by atoms with Crippen molar-refractivity contribution in [3.8, 4) is 0 Å². The zero-order chi connectivity index (χ0) is 12.5. The van der Waals surface area contributed by atoms with Crippen LogP contribution < -0.4 is 5.73 Å². The van der Waals surface area contributed by atoms with Crippen LogP contribution in [0, 0.1) is 0 Å². The zero-order valence-corrected chi connectivity index (χ0v) is 9.16. The summed E-state index contributed by atoms with van der Waals surface area (Å²) in [5.41, 5.74) is 6.40. The van der Waals surface area contributed by atoms with Crippen LogP contribution in [0.1, 0.15) is 21.5 Å². The van der Waals surface area contributed by atoms with Gasteiger partial charge < -0.3 is 5.73 Å². The third-order valence-electron chi connectivity index (χ3n) is 2.04. The van der Waals surface area contributed by atoms with Gasteiger partial charge in [-0.05, 0) is 11.6 Å². The van der Waals surface area contributed by atoms with E-state index < -0.39 is 17.2 Å². The monoisotopic (exact) mass is 260 g/mol. The van der Waals surface area contributed by atoms with Gasteiger partial charge in [0.25, 0.3) is 0 Å². The van der Waals surface area contributed by atoms with Crippen molar-refractivity contribution < 1.29 is 13.2 Å². The van der Waals surface area contributed by atoms with Gasteiger partial charge in [0.05, 0.1) is 12.2 Å². The molecule has 0 aliphatic rings. The molecule has 0 aromatic carbocycles. The number of aromatic nitrogens is 3. The fourth-order valence-corrected chi connectivity index (χ4v) is 2.02. The first kappa shape index (κ1) is 11.9. The van der Waals surface area contributed by atoms with Crippen LogP contribution in [0.2, 0.25) is 0 Å². The summed E-state index contributed by atoms with van der Waals surface area (Å²) in [6, 6.07) is 0.934. The molecule has 0 amide bonds. The number of hydrogen-bond donors (Lipinski definition) is 1. The Morgan fingerprint density at radius 1 is 1.24 bits per heavy atom. The molecule has 1 unspecified atom stereocenters. The van der Waals surface area contributed by atoms with E-state index in [4.69, 9.17) is 5.73 Å². The maximum absolute atomic E-state index is 12.4. The van der Waals surface area contributed by atoms with Crippen LogP contribution >= 0.6 is 11.3 Å². The molecule has 0 bridgehead atoms. The lowest BCUT2D eigenvalue weighted by Gasteiger charge is -2.07. The summed E-state index contributed by atoms with van der Waals surface area (Å²) in [4.78, 5) is 3.65. The normalized spacial score (nSPS) is 13.6. The largest absolute Gasteiger partial charge is 0.443 e. The van der Waals surface area contributed by atoms with E-state index >= 15 is 0 Å². The lowest BCUT2D eigenvalue weighted by atomic mass is 10.1. The predicted octanol–water partition coefficient (Wildman–Crippen LogP) is 2.00. The maximum atomic E-state index is 12.4. The lowest BCUT2D eigenvalue weighted by Crippen LogP contribution is -2.10. The standard InChI is InChI=1S/C9H7F3N4S/c10-9(11,12)8-14-4-6(17-8)7(13)5-1-2-15-16-3-5/h1-4,7H,13H2. The molecule has 2 N–H and O–H groups in total. The number of halogens is 3. The molecule has 2 aromatic heterocycles. The Bertz CT molecular complexity index is 496. The van der Waals surface area contributed by atoms with Crippen LogP contribution in [-0.2, 0) is 6.18 Å². The van der Waals surface area contributed by atoms with Crippen molar-refractivity contribution in [2.45, 2.75) is 12.2 Å².